The van der Waals surface area contributed by atoms with Crippen LogP contribution >= 0.6 is 0 Å². The van der Waals surface area contributed by atoms with Gasteiger partial charge in [0, 0.05) is 25.7 Å². The number of hydrogen-bond acceptors (Lipinski definition) is 4. The summed E-state index contributed by atoms with van der Waals surface area (Å²) in [5.74, 6) is 0.948. The van der Waals surface area contributed by atoms with Gasteiger partial charge < -0.3 is 0 Å². The molecular weight excluding hydrogens is 248 g/mol. The number of nitriles is 4. The Bertz CT molecular complexity index is 457. The zero-order valence-electron chi connectivity index (χ0n) is 11.2. The molecule has 0 aliphatic heterocycles. The van der Waals surface area contributed by atoms with Crippen molar-refractivity contribution in [2.45, 2.75) is 25.7 Å². The van der Waals surface area contributed by atoms with E-state index in [1.54, 1.807) is 0 Å². The maximum atomic E-state index is 9.04. The molecule has 4 unspecified atom stereocenters. The minimum absolute atomic E-state index is 0.156. The van der Waals surface area contributed by atoms with E-state index in [4.69, 9.17) is 21.0 Å². The minimum atomic E-state index is 0.156. The molecule has 0 N–H and O–H groups in total. The molecule has 20 heavy (non-hydrogen) atoms. The molecule has 1 saturated carbocycles. The van der Waals surface area contributed by atoms with E-state index in [1.165, 1.54) is 0 Å². The highest BCUT2D eigenvalue weighted by molar-refractivity contribution is 5.18. The van der Waals surface area contributed by atoms with Gasteiger partial charge in [-0.1, -0.05) is 12.2 Å². The van der Waals surface area contributed by atoms with Gasteiger partial charge in [0.15, 0.2) is 0 Å². The molecule has 3 rings (SSSR count). The first kappa shape index (κ1) is 14.1. The smallest absolute Gasteiger partial charge is 0.0625 e. The zero-order valence-corrected chi connectivity index (χ0v) is 11.2. The monoisotopic (exact) mass is 264 g/mol. The van der Waals surface area contributed by atoms with Gasteiger partial charge in [0.2, 0.25) is 0 Å². The molecule has 4 nitrogen and oxygen atoms in total. The zero-order chi connectivity index (χ0) is 14.5. The Morgan fingerprint density at radius 3 is 1.00 bits per heavy atom. The first-order chi connectivity index (χ1) is 9.78. The quantitative estimate of drug-likeness (QED) is 0.729. The largest absolute Gasteiger partial charge is 0.198 e. The molecule has 3 aliphatic carbocycles. The van der Waals surface area contributed by atoms with Gasteiger partial charge in [-0.15, -0.1) is 0 Å². The van der Waals surface area contributed by atoms with E-state index in [9.17, 15) is 0 Å². The Labute approximate surface area is 119 Å². The fraction of sp³-hybridized carbons (Fsp3) is 0.625. The molecule has 0 aromatic heterocycles. The van der Waals surface area contributed by atoms with Crippen molar-refractivity contribution in [3.63, 3.8) is 0 Å². The van der Waals surface area contributed by atoms with Crippen molar-refractivity contribution < 1.29 is 0 Å². The Kier molecular flexibility index (Phi) is 4.40. The molecule has 4 heteroatoms. The fourth-order valence-corrected chi connectivity index (χ4v) is 4.18. The molecule has 1 fully saturated rings. The highest BCUT2D eigenvalue weighted by Gasteiger charge is 2.50. The van der Waals surface area contributed by atoms with Gasteiger partial charge in [-0.25, -0.2) is 0 Å². The van der Waals surface area contributed by atoms with Crippen LogP contribution < -0.4 is 0 Å². The van der Waals surface area contributed by atoms with Crippen LogP contribution in [0.4, 0.5) is 0 Å². The van der Waals surface area contributed by atoms with Crippen LogP contribution in [0.25, 0.3) is 0 Å². The van der Waals surface area contributed by atoms with Crippen molar-refractivity contribution in [1.29, 1.82) is 21.0 Å². The number of nitrogens with zero attached hydrogens (tertiary/aromatic N) is 4. The summed E-state index contributed by atoms with van der Waals surface area (Å²) >= 11 is 0. The lowest BCUT2D eigenvalue weighted by atomic mass is 9.51. The predicted molar refractivity (Wildman–Crippen MR) is 71.0 cm³/mol. The molecule has 0 spiro atoms. The summed E-state index contributed by atoms with van der Waals surface area (Å²) in [5.41, 5.74) is 0. The Morgan fingerprint density at radius 2 is 0.800 bits per heavy atom. The van der Waals surface area contributed by atoms with Gasteiger partial charge in [0.05, 0.1) is 24.3 Å². The standard InChI is InChI=1S/C16H16N4/c17-7-3-13-11-1-2-12(15(13)5-9-19)16(6-10-20)14(11)4-8-18/h1-2,11-16H,3-6H2. The SMILES string of the molecule is N#CCC1C2C=CC(C1CC#N)C(CC#N)C2CC#N. The molecular formula is C16H16N4. The van der Waals surface area contributed by atoms with Crippen LogP contribution in [0.15, 0.2) is 12.2 Å². The molecule has 0 saturated heterocycles. The summed E-state index contributed by atoms with van der Waals surface area (Å²) in [5, 5.41) is 36.2. The number of fused-ring (bicyclic) bond motifs is 2. The Morgan fingerprint density at radius 1 is 0.550 bits per heavy atom. The molecule has 100 valence electrons. The van der Waals surface area contributed by atoms with Gasteiger partial charge in [-0.2, -0.15) is 21.0 Å². The van der Waals surface area contributed by atoms with Crippen molar-refractivity contribution in [2.75, 3.05) is 0 Å². The summed E-state index contributed by atoms with van der Waals surface area (Å²) in [4.78, 5) is 0. The Balaban J connectivity index is 2.35. The summed E-state index contributed by atoms with van der Waals surface area (Å²) in [6.07, 6.45) is 5.96. The third kappa shape index (κ3) is 2.27. The van der Waals surface area contributed by atoms with Crippen LogP contribution in [-0.2, 0) is 0 Å². The highest BCUT2D eigenvalue weighted by atomic mass is 14.5. The Hall–Kier alpha value is -2.30. The third-order valence-electron chi connectivity index (χ3n) is 4.94. The topological polar surface area (TPSA) is 95.2 Å². The fourth-order valence-electron chi connectivity index (χ4n) is 4.18. The maximum absolute atomic E-state index is 9.04. The van der Waals surface area contributed by atoms with Crippen LogP contribution in [0.3, 0.4) is 0 Å². The van der Waals surface area contributed by atoms with Gasteiger partial charge in [-0.05, 0) is 35.5 Å². The average Bonchev–Trinajstić information content (AvgIpc) is 2.45. The maximum Gasteiger partial charge on any atom is 0.0625 e. The molecule has 3 aliphatic rings. The van der Waals surface area contributed by atoms with Crippen molar-refractivity contribution in [3.05, 3.63) is 12.2 Å². The lowest BCUT2D eigenvalue weighted by Gasteiger charge is -2.52. The minimum Gasteiger partial charge on any atom is -0.198 e. The van der Waals surface area contributed by atoms with Crippen molar-refractivity contribution in [1.82, 2.24) is 0 Å². The first-order valence-electron chi connectivity index (χ1n) is 6.94. The van der Waals surface area contributed by atoms with Crippen LogP contribution in [0, 0.1) is 80.8 Å². The molecule has 2 bridgehead atoms. The molecule has 0 aromatic rings. The summed E-state index contributed by atoms with van der Waals surface area (Å²) in [7, 11) is 0. The van der Waals surface area contributed by atoms with Crippen LogP contribution in [0.1, 0.15) is 25.7 Å². The number of allylic oxidation sites excluding steroid dienone is 2. The van der Waals surface area contributed by atoms with Crippen molar-refractivity contribution in [3.8, 4) is 24.3 Å². The second-order valence-corrected chi connectivity index (χ2v) is 5.64. The molecule has 0 aromatic carbocycles. The molecule has 0 radical (unpaired) electrons. The molecule has 0 heterocycles. The van der Waals surface area contributed by atoms with E-state index in [0.29, 0.717) is 25.7 Å². The van der Waals surface area contributed by atoms with E-state index >= 15 is 0 Å². The van der Waals surface area contributed by atoms with Gasteiger partial charge in [-0.3, -0.25) is 0 Å². The predicted octanol–water partition coefficient (Wildman–Crippen LogP) is 2.92. The normalized spacial score (nSPS) is 37.4. The second-order valence-electron chi connectivity index (χ2n) is 5.64. The lowest BCUT2D eigenvalue weighted by molar-refractivity contribution is 0.0141. The van der Waals surface area contributed by atoms with E-state index in [1.807, 2.05) is 0 Å². The van der Waals surface area contributed by atoms with Crippen LogP contribution in [-0.4, -0.2) is 0 Å². The highest BCUT2D eigenvalue weighted by Crippen LogP contribution is 2.55. The number of rotatable bonds is 4. The van der Waals surface area contributed by atoms with E-state index in [2.05, 4.69) is 36.4 Å². The third-order valence-corrected chi connectivity index (χ3v) is 4.94. The van der Waals surface area contributed by atoms with Crippen molar-refractivity contribution in [2.24, 2.45) is 35.5 Å². The summed E-state index contributed by atoms with van der Waals surface area (Å²) < 4.78 is 0. The van der Waals surface area contributed by atoms with Gasteiger partial charge >= 0.3 is 0 Å². The molecule has 0 amide bonds. The second kappa shape index (κ2) is 6.23. The van der Waals surface area contributed by atoms with E-state index in [0.717, 1.165) is 0 Å². The summed E-state index contributed by atoms with van der Waals surface area (Å²) in [6.45, 7) is 0. The average molecular weight is 264 g/mol. The van der Waals surface area contributed by atoms with Gasteiger partial charge in [0.1, 0.15) is 0 Å². The van der Waals surface area contributed by atoms with E-state index in [-0.39, 0.29) is 35.5 Å². The van der Waals surface area contributed by atoms with Crippen LogP contribution in [0.2, 0.25) is 0 Å². The molecule has 4 atom stereocenters. The summed E-state index contributed by atoms with van der Waals surface area (Å²) in [6, 6.07) is 8.92. The lowest BCUT2D eigenvalue weighted by Crippen LogP contribution is -2.48. The van der Waals surface area contributed by atoms with Crippen LogP contribution in [0.5, 0.6) is 0 Å². The number of hydrogen-bond donors (Lipinski definition) is 0. The first-order valence-corrected chi connectivity index (χ1v) is 6.94. The van der Waals surface area contributed by atoms with Gasteiger partial charge in [0.25, 0.3) is 0 Å². The van der Waals surface area contributed by atoms with E-state index < -0.39 is 0 Å². The van der Waals surface area contributed by atoms with Crippen molar-refractivity contribution >= 4 is 0 Å².